The molecule has 1 atom stereocenters. The van der Waals surface area contributed by atoms with E-state index >= 15 is 0 Å². The number of amides is 2. The summed E-state index contributed by atoms with van der Waals surface area (Å²) in [6, 6.07) is 3.68. The van der Waals surface area contributed by atoms with Gasteiger partial charge in [-0.05, 0) is 37.0 Å². The Balaban J connectivity index is 1.33. The molecule has 1 unspecified atom stereocenters. The largest absolute Gasteiger partial charge is 0.383 e. The summed E-state index contributed by atoms with van der Waals surface area (Å²) in [5.74, 6) is -0.344. The van der Waals surface area contributed by atoms with Crippen LogP contribution in [0.4, 0.5) is 0 Å². The molecule has 1 aliphatic heterocycles. The molecule has 4 heterocycles. The van der Waals surface area contributed by atoms with Crippen LogP contribution in [-0.2, 0) is 4.74 Å². The summed E-state index contributed by atoms with van der Waals surface area (Å²) < 4.78 is 6.65. The molecular weight excluding hydrogens is 470 g/mol. The molecule has 0 spiro atoms. The summed E-state index contributed by atoms with van der Waals surface area (Å²) in [5, 5.41) is 4.41. The fourth-order valence-electron chi connectivity index (χ4n) is 4.48. The Kier molecular flexibility index (Phi) is 7.18. The highest BCUT2D eigenvalue weighted by Gasteiger charge is 2.28. The van der Waals surface area contributed by atoms with E-state index in [1.807, 2.05) is 30.4 Å². The third-order valence-corrected chi connectivity index (χ3v) is 6.60. The van der Waals surface area contributed by atoms with Gasteiger partial charge < -0.3 is 14.5 Å². The second-order valence-corrected chi connectivity index (χ2v) is 9.04. The SMILES string of the molecule is COCCN(C)C(=O)c1cnc(C2C=CN(C(=O)c3c(C4=CC=CCC4)nc4cccnn34)CC2)cn1. The van der Waals surface area contributed by atoms with Gasteiger partial charge >= 0.3 is 0 Å². The lowest BCUT2D eigenvalue weighted by Gasteiger charge is -2.26. The topological polar surface area (TPSA) is 106 Å². The average Bonchev–Trinajstić information content (AvgIpc) is 3.35. The number of methoxy groups -OCH3 is 1. The highest BCUT2D eigenvalue weighted by molar-refractivity contribution is 5.99. The number of nitrogens with zero attached hydrogens (tertiary/aromatic N) is 7. The number of fused-ring (bicyclic) bond motifs is 1. The van der Waals surface area contributed by atoms with Crippen molar-refractivity contribution in [1.29, 1.82) is 0 Å². The van der Waals surface area contributed by atoms with Crippen LogP contribution in [0.5, 0.6) is 0 Å². The number of hydrogen-bond donors (Lipinski definition) is 0. The predicted molar refractivity (Wildman–Crippen MR) is 138 cm³/mol. The van der Waals surface area contributed by atoms with Crippen molar-refractivity contribution in [2.24, 2.45) is 0 Å². The van der Waals surface area contributed by atoms with Gasteiger partial charge in [-0.25, -0.2) is 14.5 Å². The van der Waals surface area contributed by atoms with Crippen LogP contribution in [0.1, 0.15) is 57.5 Å². The normalized spacial score (nSPS) is 17.2. The molecule has 0 N–H and O–H groups in total. The fraction of sp³-hybridized carbons (Fsp3) is 0.333. The molecule has 2 aliphatic rings. The molecule has 0 bridgehead atoms. The van der Waals surface area contributed by atoms with E-state index in [1.165, 1.54) is 6.20 Å². The Bertz CT molecular complexity index is 1390. The molecule has 1 aliphatic carbocycles. The molecule has 0 fully saturated rings. The average molecular weight is 500 g/mol. The van der Waals surface area contributed by atoms with Gasteiger partial charge in [0, 0.05) is 51.8 Å². The maximum atomic E-state index is 13.7. The molecule has 0 saturated heterocycles. The van der Waals surface area contributed by atoms with E-state index in [0.29, 0.717) is 48.8 Å². The first-order chi connectivity index (χ1) is 18.1. The summed E-state index contributed by atoms with van der Waals surface area (Å²) in [6.07, 6.45) is 17.1. The Morgan fingerprint density at radius 3 is 2.84 bits per heavy atom. The second-order valence-electron chi connectivity index (χ2n) is 9.04. The third kappa shape index (κ3) is 5.05. The predicted octanol–water partition coefficient (Wildman–Crippen LogP) is 3.11. The van der Waals surface area contributed by atoms with Gasteiger partial charge in [0.1, 0.15) is 11.4 Å². The van der Waals surface area contributed by atoms with Crippen LogP contribution >= 0.6 is 0 Å². The molecule has 3 aromatic heterocycles. The highest BCUT2D eigenvalue weighted by Crippen LogP contribution is 2.29. The number of aromatic nitrogens is 5. The zero-order valence-electron chi connectivity index (χ0n) is 20.9. The van der Waals surface area contributed by atoms with Crippen molar-refractivity contribution in [1.82, 2.24) is 34.4 Å². The molecule has 37 heavy (non-hydrogen) atoms. The van der Waals surface area contributed by atoms with Gasteiger partial charge in [0.25, 0.3) is 11.8 Å². The minimum Gasteiger partial charge on any atom is -0.383 e. The lowest BCUT2D eigenvalue weighted by molar-refractivity contribution is 0.0737. The fourth-order valence-corrected chi connectivity index (χ4v) is 4.48. The van der Waals surface area contributed by atoms with Crippen molar-refractivity contribution in [2.45, 2.75) is 25.2 Å². The summed E-state index contributed by atoms with van der Waals surface area (Å²) in [6.45, 7) is 1.45. The lowest BCUT2D eigenvalue weighted by atomic mass is 9.97. The summed E-state index contributed by atoms with van der Waals surface area (Å²) in [7, 11) is 3.30. The smallest absolute Gasteiger partial charge is 0.278 e. The number of likely N-dealkylation sites (N-methyl/N-ethyl adjacent to an activating group) is 1. The summed E-state index contributed by atoms with van der Waals surface area (Å²) >= 11 is 0. The van der Waals surface area contributed by atoms with Crippen molar-refractivity contribution in [2.75, 3.05) is 33.9 Å². The summed E-state index contributed by atoms with van der Waals surface area (Å²) in [4.78, 5) is 43.0. The van der Waals surface area contributed by atoms with E-state index in [0.717, 1.165) is 24.1 Å². The van der Waals surface area contributed by atoms with E-state index < -0.39 is 0 Å². The van der Waals surface area contributed by atoms with Crippen molar-refractivity contribution >= 4 is 23.0 Å². The molecule has 0 saturated carbocycles. The van der Waals surface area contributed by atoms with E-state index in [2.05, 4.69) is 21.1 Å². The van der Waals surface area contributed by atoms with Crippen LogP contribution in [0, 0.1) is 0 Å². The van der Waals surface area contributed by atoms with Gasteiger partial charge in [-0.1, -0.05) is 24.3 Å². The van der Waals surface area contributed by atoms with Gasteiger partial charge in [-0.15, -0.1) is 0 Å². The molecule has 10 heteroatoms. The maximum Gasteiger partial charge on any atom is 0.278 e. The van der Waals surface area contributed by atoms with Crippen LogP contribution in [-0.4, -0.2) is 80.0 Å². The monoisotopic (exact) mass is 499 g/mol. The van der Waals surface area contributed by atoms with Crippen molar-refractivity contribution in [3.05, 3.63) is 84.0 Å². The first-order valence-corrected chi connectivity index (χ1v) is 12.3. The van der Waals surface area contributed by atoms with Gasteiger partial charge in [0.05, 0.1) is 18.5 Å². The zero-order valence-corrected chi connectivity index (χ0v) is 20.9. The number of rotatable bonds is 7. The number of imidazole rings is 1. The lowest BCUT2D eigenvalue weighted by Crippen LogP contribution is -2.32. The molecule has 2 amide bonds. The Morgan fingerprint density at radius 1 is 1.24 bits per heavy atom. The van der Waals surface area contributed by atoms with Crippen LogP contribution < -0.4 is 0 Å². The molecule has 190 valence electrons. The number of carbonyl (C=O) groups excluding carboxylic acids is 2. The first-order valence-electron chi connectivity index (χ1n) is 12.3. The van der Waals surface area contributed by atoms with Crippen molar-refractivity contribution < 1.29 is 14.3 Å². The van der Waals surface area contributed by atoms with Crippen LogP contribution in [0.25, 0.3) is 11.2 Å². The molecular formula is C27H29N7O3. The Labute approximate surface area is 215 Å². The van der Waals surface area contributed by atoms with E-state index in [-0.39, 0.29) is 17.7 Å². The Hall–Kier alpha value is -4.18. The van der Waals surface area contributed by atoms with E-state index in [4.69, 9.17) is 9.72 Å². The molecule has 0 radical (unpaired) electrons. The van der Waals surface area contributed by atoms with Crippen LogP contribution in [0.2, 0.25) is 0 Å². The van der Waals surface area contributed by atoms with Gasteiger partial charge in [0.2, 0.25) is 0 Å². The second kappa shape index (κ2) is 10.8. The van der Waals surface area contributed by atoms with E-state index in [9.17, 15) is 9.59 Å². The highest BCUT2D eigenvalue weighted by atomic mass is 16.5. The van der Waals surface area contributed by atoms with Crippen molar-refractivity contribution in [3.8, 4) is 0 Å². The minimum absolute atomic E-state index is 0.00195. The molecule has 10 nitrogen and oxygen atoms in total. The van der Waals surface area contributed by atoms with Crippen LogP contribution in [0.3, 0.4) is 0 Å². The number of ether oxygens (including phenoxy) is 1. The quantitative estimate of drug-likeness (QED) is 0.492. The number of hydrogen-bond acceptors (Lipinski definition) is 7. The van der Waals surface area contributed by atoms with Crippen molar-refractivity contribution in [3.63, 3.8) is 0 Å². The maximum absolute atomic E-state index is 13.7. The third-order valence-electron chi connectivity index (χ3n) is 6.60. The first kappa shape index (κ1) is 24.5. The standard InChI is InChI=1S/C27H29N7O3/c1-32(15-16-37-2)26(35)22-18-28-21(17-29-22)19-10-13-33(14-11-19)27(36)25-24(20-7-4-3-5-8-20)31-23-9-6-12-30-34(23)25/h3-4,6-7,9-10,12-13,17-19H,5,8,11,14-16H2,1-2H3. The van der Waals surface area contributed by atoms with Gasteiger partial charge in [-0.3, -0.25) is 14.6 Å². The minimum atomic E-state index is -0.201. The number of allylic oxidation sites excluding steroid dienone is 5. The summed E-state index contributed by atoms with van der Waals surface area (Å²) in [5.41, 5.74) is 3.89. The number of carbonyl (C=O) groups is 2. The van der Waals surface area contributed by atoms with Gasteiger partial charge in [0.15, 0.2) is 11.3 Å². The van der Waals surface area contributed by atoms with Crippen LogP contribution in [0.15, 0.2) is 61.2 Å². The molecule has 3 aromatic rings. The molecule has 0 aromatic carbocycles. The van der Waals surface area contributed by atoms with E-state index in [1.54, 1.807) is 47.1 Å². The van der Waals surface area contributed by atoms with Gasteiger partial charge in [-0.2, -0.15) is 5.10 Å². The zero-order chi connectivity index (χ0) is 25.8. The Morgan fingerprint density at radius 2 is 2.14 bits per heavy atom. The molecule has 5 rings (SSSR count).